The first-order valence-corrected chi connectivity index (χ1v) is 9.27. The molecule has 0 fully saturated rings. The van der Waals surface area contributed by atoms with E-state index in [1.54, 1.807) is 55.6 Å². The summed E-state index contributed by atoms with van der Waals surface area (Å²) in [7, 11) is 1.57. The molecule has 0 saturated carbocycles. The number of methoxy groups -OCH3 is 1. The molecule has 0 aliphatic rings. The van der Waals surface area contributed by atoms with Crippen molar-refractivity contribution in [1.82, 2.24) is 15.3 Å². The molecule has 1 heterocycles. The van der Waals surface area contributed by atoms with Crippen molar-refractivity contribution < 1.29 is 19.4 Å². The highest BCUT2D eigenvalue weighted by molar-refractivity contribution is 5.91. The monoisotopic (exact) mass is 406 g/mol. The van der Waals surface area contributed by atoms with Gasteiger partial charge in [-0.05, 0) is 29.8 Å². The van der Waals surface area contributed by atoms with E-state index in [4.69, 9.17) is 4.74 Å². The molecule has 0 spiro atoms. The van der Waals surface area contributed by atoms with Crippen LogP contribution in [-0.2, 0) is 9.59 Å². The number of aromatic nitrogens is 2. The number of hydrogen-bond acceptors (Lipinski definition) is 6. The molecule has 0 aliphatic heterocycles. The molecule has 8 nitrogen and oxygen atoms in total. The Balaban J connectivity index is 1.67. The molecule has 0 aliphatic carbocycles. The average Bonchev–Trinajstić information content (AvgIpc) is 2.73. The number of nitrogens with zero attached hydrogens (tertiary/aromatic N) is 2. The summed E-state index contributed by atoms with van der Waals surface area (Å²) >= 11 is 0. The largest absolute Gasteiger partial charge is 0.508 e. The number of benzene rings is 2. The highest BCUT2D eigenvalue weighted by Crippen LogP contribution is 2.22. The summed E-state index contributed by atoms with van der Waals surface area (Å²) in [4.78, 5) is 32.6. The van der Waals surface area contributed by atoms with Gasteiger partial charge in [-0.3, -0.25) is 9.59 Å². The van der Waals surface area contributed by atoms with Crippen LogP contribution in [0.2, 0.25) is 0 Å². The van der Waals surface area contributed by atoms with Crippen LogP contribution in [0.5, 0.6) is 11.5 Å². The van der Waals surface area contributed by atoms with Crippen molar-refractivity contribution in [3.05, 3.63) is 66.5 Å². The molecule has 3 rings (SSSR count). The number of phenols is 1. The molecule has 0 bridgehead atoms. The number of amides is 2. The lowest BCUT2D eigenvalue weighted by Crippen LogP contribution is -2.29. The first-order chi connectivity index (χ1) is 14.4. The smallest absolute Gasteiger partial charge is 0.226 e. The van der Waals surface area contributed by atoms with Gasteiger partial charge in [-0.1, -0.05) is 24.3 Å². The molecule has 30 heavy (non-hydrogen) atoms. The highest BCUT2D eigenvalue weighted by atomic mass is 16.5. The number of phenolic OH excluding ortho intramolecular Hbond substituents is 1. The van der Waals surface area contributed by atoms with Crippen molar-refractivity contribution in [3.63, 3.8) is 0 Å². The van der Waals surface area contributed by atoms with Gasteiger partial charge in [-0.25, -0.2) is 9.97 Å². The molecular weight excluding hydrogens is 384 g/mol. The van der Waals surface area contributed by atoms with Crippen LogP contribution in [0.1, 0.15) is 24.9 Å². The summed E-state index contributed by atoms with van der Waals surface area (Å²) in [5.74, 6) is 0.712. The number of aromatic hydroxyl groups is 1. The Morgan fingerprint density at radius 3 is 2.40 bits per heavy atom. The second kappa shape index (κ2) is 9.51. The molecule has 2 aromatic carbocycles. The number of anilines is 1. The summed E-state index contributed by atoms with van der Waals surface area (Å²) < 4.78 is 5.14. The van der Waals surface area contributed by atoms with Crippen molar-refractivity contribution in [2.45, 2.75) is 19.4 Å². The van der Waals surface area contributed by atoms with Gasteiger partial charge in [0.2, 0.25) is 11.8 Å². The van der Waals surface area contributed by atoms with E-state index in [2.05, 4.69) is 20.6 Å². The Kier molecular flexibility index (Phi) is 6.59. The number of carbonyl (C=O) groups excluding carboxylic acids is 2. The molecular formula is C22H22N4O4. The van der Waals surface area contributed by atoms with Gasteiger partial charge in [-0.2, -0.15) is 0 Å². The van der Waals surface area contributed by atoms with E-state index in [1.807, 2.05) is 0 Å². The normalized spacial score (nSPS) is 11.4. The van der Waals surface area contributed by atoms with Gasteiger partial charge >= 0.3 is 0 Å². The number of ether oxygens (including phenoxy) is 1. The fraction of sp³-hybridized carbons (Fsp3) is 0.182. The Hall–Kier alpha value is -3.94. The zero-order chi connectivity index (χ0) is 21.5. The fourth-order valence-electron chi connectivity index (χ4n) is 2.92. The minimum Gasteiger partial charge on any atom is -0.508 e. The fourth-order valence-corrected chi connectivity index (χ4v) is 2.92. The van der Waals surface area contributed by atoms with Crippen LogP contribution in [0.4, 0.5) is 5.69 Å². The zero-order valence-electron chi connectivity index (χ0n) is 16.6. The lowest BCUT2D eigenvalue weighted by atomic mass is 10.0. The number of nitrogens with one attached hydrogen (secondary N) is 2. The lowest BCUT2D eigenvalue weighted by molar-refractivity contribution is -0.120. The van der Waals surface area contributed by atoms with Gasteiger partial charge in [0.15, 0.2) is 5.82 Å². The summed E-state index contributed by atoms with van der Waals surface area (Å²) in [5.41, 5.74) is 1.88. The predicted molar refractivity (Wildman–Crippen MR) is 112 cm³/mol. The second-order valence-corrected chi connectivity index (χ2v) is 6.62. The summed E-state index contributed by atoms with van der Waals surface area (Å²) in [5, 5.41) is 15.1. The van der Waals surface area contributed by atoms with Crippen molar-refractivity contribution in [2.75, 3.05) is 12.4 Å². The maximum atomic E-state index is 12.5. The molecule has 1 unspecified atom stereocenters. The molecule has 3 N–H and O–H groups in total. The summed E-state index contributed by atoms with van der Waals surface area (Å²) in [6.07, 6.45) is 3.02. The van der Waals surface area contributed by atoms with Crippen LogP contribution < -0.4 is 15.4 Å². The van der Waals surface area contributed by atoms with Gasteiger partial charge < -0.3 is 20.5 Å². The van der Waals surface area contributed by atoms with E-state index < -0.39 is 6.04 Å². The maximum Gasteiger partial charge on any atom is 0.226 e. The van der Waals surface area contributed by atoms with Crippen LogP contribution in [0.3, 0.4) is 0 Å². The van der Waals surface area contributed by atoms with Crippen molar-refractivity contribution >= 4 is 17.5 Å². The number of carbonyl (C=O) groups is 2. The van der Waals surface area contributed by atoms with E-state index in [9.17, 15) is 14.7 Å². The Morgan fingerprint density at radius 1 is 1.10 bits per heavy atom. The number of hydrogen-bond donors (Lipinski definition) is 3. The summed E-state index contributed by atoms with van der Waals surface area (Å²) in [6.45, 7) is 1.41. The van der Waals surface area contributed by atoms with Crippen LogP contribution in [0.15, 0.2) is 60.9 Å². The molecule has 8 heteroatoms. The zero-order valence-corrected chi connectivity index (χ0v) is 16.6. The van der Waals surface area contributed by atoms with Gasteiger partial charge in [0.25, 0.3) is 0 Å². The minimum atomic E-state index is -0.485. The number of rotatable bonds is 7. The van der Waals surface area contributed by atoms with Crippen LogP contribution in [0, 0.1) is 0 Å². The quantitative estimate of drug-likeness (QED) is 0.556. The minimum absolute atomic E-state index is 0.0419. The molecule has 0 saturated heterocycles. The third kappa shape index (κ3) is 5.54. The third-order valence-corrected chi connectivity index (χ3v) is 4.33. The SMILES string of the molecule is COc1ccc(C(CC(=O)Nc2cnc(-c3cccc(O)c3)nc2)NC(C)=O)cc1. The lowest BCUT2D eigenvalue weighted by Gasteiger charge is -2.18. The molecule has 2 amide bonds. The van der Waals surface area contributed by atoms with Crippen molar-refractivity contribution in [2.24, 2.45) is 0 Å². The van der Waals surface area contributed by atoms with Crippen molar-refractivity contribution in [3.8, 4) is 22.9 Å². The first-order valence-electron chi connectivity index (χ1n) is 9.27. The maximum absolute atomic E-state index is 12.5. The third-order valence-electron chi connectivity index (χ3n) is 4.33. The predicted octanol–water partition coefficient (Wildman–Crippen LogP) is 3.06. The van der Waals surface area contributed by atoms with Crippen LogP contribution in [0.25, 0.3) is 11.4 Å². The van der Waals surface area contributed by atoms with E-state index in [1.165, 1.54) is 19.3 Å². The van der Waals surface area contributed by atoms with Crippen LogP contribution in [-0.4, -0.2) is 34.0 Å². The molecule has 1 atom stereocenters. The molecule has 154 valence electrons. The van der Waals surface area contributed by atoms with Gasteiger partial charge in [0, 0.05) is 12.5 Å². The van der Waals surface area contributed by atoms with Crippen molar-refractivity contribution in [1.29, 1.82) is 0 Å². The Bertz CT molecular complexity index is 1020. The van der Waals surface area contributed by atoms with E-state index in [0.717, 1.165) is 5.56 Å². The second-order valence-electron chi connectivity index (χ2n) is 6.62. The van der Waals surface area contributed by atoms with Gasteiger partial charge in [0.05, 0.1) is 37.7 Å². The molecule has 0 radical (unpaired) electrons. The summed E-state index contributed by atoms with van der Waals surface area (Å²) in [6, 6.07) is 13.3. The first kappa shape index (κ1) is 20.8. The van der Waals surface area contributed by atoms with Crippen LogP contribution >= 0.6 is 0 Å². The Morgan fingerprint density at radius 2 is 1.80 bits per heavy atom. The molecule has 3 aromatic rings. The average molecular weight is 406 g/mol. The highest BCUT2D eigenvalue weighted by Gasteiger charge is 2.18. The molecule has 1 aromatic heterocycles. The standard InChI is InChI=1S/C22H22N4O4/c1-14(27)25-20(15-6-8-19(30-2)9-7-15)11-21(29)26-17-12-23-22(24-13-17)16-4-3-5-18(28)10-16/h3-10,12-13,20,28H,11H2,1-2H3,(H,25,27)(H,26,29). The Labute approximate surface area is 174 Å². The van der Waals surface area contributed by atoms with E-state index in [0.29, 0.717) is 22.8 Å². The topological polar surface area (TPSA) is 113 Å². The van der Waals surface area contributed by atoms with Gasteiger partial charge in [0.1, 0.15) is 11.5 Å². The van der Waals surface area contributed by atoms with E-state index in [-0.39, 0.29) is 24.0 Å². The van der Waals surface area contributed by atoms with Gasteiger partial charge in [-0.15, -0.1) is 0 Å². The van der Waals surface area contributed by atoms with E-state index >= 15 is 0 Å².